The summed E-state index contributed by atoms with van der Waals surface area (Å²) >= 11 is 5.66. The molecule has 2 aromatic carbocycles. The Labute approximate surface area is 157 Å². The van der Waals surface area contributed by atoms with Gasteiger partial charge in [0.05, 0.1) is 15.6 Å². The second kappa shape index (κ2) is 8.51. The van der Waals surface area contributed by atoms with Crippen molar-refractivity contribution in [3.05, 3.63) is 58.9 Å². The number of amides is 1. The number of hydrogen-bond acceptors (Lipinski definition) is 3. The van der Waals surface area contributed by atoms with Crippen LogP contribution in [0.4, 0.5) is 10.1 Å². The molecule has 8 heteroatoms. The van der Waals surface area contributed by atoms with Gasteiger partial charge in [-0.25, -0.2) is 12.8 Å². The number of nitrogens with one attached hydrogen (secondary N) is 1. The number of sulfonamides is 1. The van der Waals surface area contributed by atoms with Gasteiger partial charge in [-0.15, -0.1) is 0 Å². The molecule has 2 aromatic rings. The van der Waals surface area contributed by atoms with Crippen molar-refractivity contribution in [2.24, 2.45) is 0 Å². The second-order valence-corrected chi connectivity index (χ2v) is 7.93. The van der Waals surface area contributed by atoms with Crippen LogP contribution in [0.2, 0.25) is 5.02 Å². The van der Waals surface area contributed by atoms with E-state index >= 15 is 0 Å². The van der Waals surface area contributed by atoms with E-state index in [0.29, 0.717) is 12.1 Å². The fourth-order valence-corrected chi connectivity index (χ4v) is 3.50. The molecule has 0 aliphatic carbocycles. The minimum Gasteiger partial charge on any atom is -0.342 e. The van der Waals surface area contributed by atoms with Gasteiger partial charge in [-0.05, 0) is 48.9 Å². The van der Waals surface area contributed by atoms with E-state index in [1.54, 1.807) is 11.9 Å². The molecule has 140 valence electrons. The lowest BCUT2D eigenvalue weighted by atomic mass is 10.2. The maximum Gasteiger partial charge on any atom is 0.261 e. The first-order valence-corrected chi connectivity index (χ1v) is 9.94. The fourth-order valence-electron chi connectivity index (χ4n) is 2.27. The first kappa shape index (κ1) is 20.2. The Morgan fingerprint density at radius 3 is 2.42 bits per heavy atom. The summed E-state index contributed by atoms with van der Waals surface area (Å²) in [7, 11) is -2.17. The van der Waals surface area contributed by atoms with E-state index in [-0.39, 0.29) is 21.5 Å². The van der Waals surface area contributed by atoms with Crippen LogP contribution in [-0.2, 0) is 10.0 Å². The number of nitrogens with zero attached hydrogens (tertiary/aromatic N) is 1. The molecule has 5 nitrogen and oxygen atoms in total. The van der Waals surface area contributed by atoms with Crippen molar-refractivity contribution in [2.45, 2.75) is 24.7 Å². The van der Waals surface area contributed by atoms with Crippen LogP contribution in [0, 0.1) is 5.82 Å². The van der Waals surface area contributed by atoms with Crippen LogP contribution in [0.15, 0.2) is 47.4 Å². The van der Waals surface area contributed by atoms with E-state index in [9.17, 15) is 17.6 Å². The second-order valence-electron chi connectivity index (χ2n) is 5.84. The highest BCUT2D eigenvalue weighted by Gasteiger charge is 2.17. The molecular weight excluding hydrogens is 379 g/mol. The summed E-state index contributed by atoms with van der Waals surface area (Å²) in [5.41, 5.74) is 0.559. The number of benzene rings is 2. The van der Waals surface area contributed by atoms with Crippen molar-refractivity contribution < 1.29 is 17.6 Å². The van der Waals surface area contributed by atoms with E-state index in [2.05, 4.69) is 4.72 Å². The smallest absolute Gasteiger partial charge is 0.261 e. The molecule has 0 heterocycles. The third kappa shape index (κ3) is 4.95. The van der Waals surface area contributed by atoms with Gasteiger partial charge in [0.2, 0.25) is 0 Å². The molecule has 0 saturated heterocycles. The Kier molecular flexibility index (Phi) is 6.61. The molecule has 0 fully saturated rings. The topological polar surface area (TPSA) is 66.5 Å². The minimum atomic E-state index is -3.88. The van der Waals surface area contributed by atoms with Crippen molar-refractivity contribution in [1.82, 2.24) is 4.90 Å². The van der Waals surface area contributed by atoms with Crippen LogP contribution >= 0.6 is 11.6 Å². The van der Waals surface area contributed by atoms with Gasteiger partial charge in [0.1, 0.15) is 5.82 Å². The van der Waals surface area contributed by atoms with E-state index < -0.39 is 15.8 Å². The van der Waals surface area contributed by atoms with Gasteiger partial charge in [-0.1, -0.05) is 24.9 Å². The van der Waals surface area contributed by atoms with Crippen LogP contribution in [0.1, 0.15) is 30.1 Å². The van der Waals surface area contributed by atoms with E-state index in [1.807, 2.05) is 6.92 Å². The van der Waals surface area contributed by atoms with E-state index in [1.165, 1.54) is 36.4 Å². The normalized spacial score (nSPS) is 11.2. The standard InChI is InChI=1S/C18H20ClFN2O3S/c1-3-4-11-22(2)18(23)13-5-8-15(9-6-13)26(24,25)21-14-7-10-17(20)16(19)12-14/h5-10,12,21H,3-4,11H2,1-2H3. The lowest BCUT2D eigenvalue weighted by Crippen LogP contribution is -2.27. The number of anilines is 1. The summed E-state index contributed by atoms with van der Waals surface area (Å²) in [5, 5.41) is -0.179. The molecule has 1 amide bonds. The zero-order valence-electron chi connectivity index (χ0n) is 14.5. The van der Waals surface area contributed by atoms with Gasteiger partial charge in [-0.3, -0.25) is 9.52 Å². The summed E-state index contributed by atoms with van der Waals surface area (Å²) in [4.78, 5) is 13.9. The van der Waals surface area contributed by atoms with Crippen LogP contribution in [0.5, 0.6) is 0 Å². The zero-order chi connectivity index (χ0) is 19.3. The summed E-state index contributed by atoms with van der Waals surface area (Å²) in [6.07, 6.45) is 1.88. The highest BCUT2D eigenvalue weighted by atomic mass is 35.5. The van der Waals surface area contributed by atoms with Crippen LogP contribution in [0.25, 0.3) is 0 Å². The van der Waals surface area contributed by atoms with Crippen molar-refractivity contribution in [3.8, 4) is 0 Å². The number of hydrogen-bond donors (Lipinski definition) is 1. The Morgan fingerprint density at radius 2 is 1.85 bits per heavy atom. The van der Waals surface area contributed by atoms with Crippen LogP contribution in [0.3, 0.4) is 0 Å². The lowest BCUT2D eigenvalue weighted by molar-refractivity contribution is 0.0793. The molecule has 0 radical (unpaired) electrons. The number of halogens is 2. The molecule has 0 unspecified atom stereocenters. The summed E-state index contributed by atoms with van der Waals surface area (Å²) in [6.45, 7) is 2.68. The number of carbonyl (C=O) groups excluding carboxylic acids is 1. The molecule has 0 aromatic heterocycles. The first-order valence-electron chi connectivity index (χ1n) is 8.08. The predicted molar refractivity (Wildman–Crippen MR) is 101 cm³/mol. The highest BCUT2D eigenvalue weighted by molar-refractivity contribution is 7.92. The number of rotatable bonds is 7. The Hall–Kier alpha value is -2.12. The number of carbonyl (C=O) groups is 1. The maximum absolute atomic E-state index is 13.2. The fraction of sp³-hybridized carbons (Fsp3) is 0.278. The minimum absolute atomic E-state index is 0.00860. The highest BCUT2D eigenvalue weighted by Crippen LogP contribution is 2.22. The van der Waals surface area contributed by atoms with E-state index in [0.717, 1.165) is 18.9 Å². The third-order valence-corrected chi connectivity index (χ3v) is 5.46. The van der Waals surface area contributed by atoms with Crippen LogP contribution in [-0.4, -0.2) is 32.8 Å². The molecule has 0 bridgehead atoms. The third-order valence-electron chi connectivity index (χ3n) is 3.78. The van der Waals surface area contributed by atoms with Crippen molar-refractivity contribution in [3.63, 3.8) is 0 Å². The molecule has 0 aliphatic rings. The summed E-state index contributed by atoms with van der Waals surface area (Å²) in [5.74, 6) is -0.801. The van der Waals surface area contributed by atoms with Gasteiger partial charge in [0.25, 0.3) is 15.9 Å². The van der Waals surface area contributed by atoms with Gasteiger partial charge in [-0.2, -0.15) is 0 Å². The lowest BCUT2D eigenvalue weighted by Gasteiger charge is -2.17. The van der Waals surface area contributed by atoms with Crippen molar-refractivity contribution in [1.29, 1.82) is 0 Å². The molecule has 0 atom stereocenters. The predicted octanol–water partition coefficient (Wildman–Crippen LogP) is 4.15. The van der Waals surface area contributed by atoms with Gasteiger partial charge in [0, 0.05) is 19.2 Å². The molecular formula is C18H20ClFN2O3S. The molecule has 0 aliphatic heterocycles. The first-order chi connectivity index (χ1) is 12.2. The Morgan fingerprint density at radius 1 is 1.19 bits per heavy atom. The van der Waals surface area contributed by atoms with Crippen molar-refractivity contribution in [2.75, 3.05) is 18.3 Å². The largest absolute Gasteiger partial charge is 0.342 e. The van der Waals surface area contributed by atoms with Crippen molar-refractivity contribution >= 4 is 33.2 Å². The quantitative estimate of drug-likeness (QED) is 0.761. The Balaban J connectivity index is 2.15. The Bertz CT molecular complexity index is 886. The average molecular weight is 399 g/mol. The van der Waals surface area contributed by atoms with E-state index in [4.69, 9.17) is 11.6 Å². The van der Waals surface area contributed by atoms with Gasteiger partial charge in [0.15, 0.2) is 0 Å². The van der Waals surface area contributed by atoms with Gasteiger partial charge < -0.3 is 4.90 Å². The molecule has 0 saturated carbocycles. The molecule has 2 rings (SSSR count). The summed E-state index contributed by atoms with van der Waals surface area (Å²) < 4.78 is 40.3. The maximum atomic E-state index is 13.2. The summed E-state index contributed by atoms with van der Waals surface area (Å²) in [6, 6.07) is 9.19. The average Bonchev–Trinajstić information content (AvgIpc) is 2.62. The molecule has 26 heavy (non-hydrogen) atoms. The zero-order valence-corrected chi connectivity index (χ0v) is 16.1. The number of unbranched alkanes of at least 4 members (excludes halogenated alkanes) is 1. The van der Waals surface area contributed by atoms with Crippen LogP contribution < -0.4 is 4.72 Å². The monoisotopic (exact) mass is 398 g/mol. The molecule has 1 N–H and O–H groups in total. The molecule has 0 spiro atoms. The SMILES string of the molecule is CCCCN(C)C(=O)c1ccc(S(=O)(=O)Nc2ccc(F)c(Cl)c2)cc1. The van der Waals surface area contributed by atoms with Gasteiger partial charge >= 0.3 is 0 Å².